The van der Waals surface area contributed by atoms with Gasteiger partial charge in [0.05, 0.1) is 73.2 Å². The molecule has 91 heavy (non-hydrogen) atoms. The first kappa shape index (κ1) is 68.1. The van der Waals surface area contributed by atoms with E-state index in [1.54, 1.807) is 73.8 Å². The van der Waals surface area contributed by atoms with Crippen LogP contribution in [0.1, 0.15) is 72.4 Å². The fourth-order valence-electron chi connectivity index (χ4n) is 10.6. The Morgan fingerprint density at radius 1 is 0.571 bits per heavy atom. The zero-order valence-electron chi connectivity index (χ0n) is 50.9. The number of methoxy groups -OCH3 is 4. The van der Waals surface area contributed by atoms with Crippen molar-refractivity contribution in [3.8, 4) is 62.5 Å². The van der Waals surface area contributed by atoms with Crippen LogP contribution in [0.25, 0.3) is 44.2 Å². The SMILES string of the molecule is COc1cc(C(=O)CCC(O)(CN2CCC2)c2ccc(OC)c(-c3ccc(F)c(Cl)c3)n2)ccc1OC1CC1.COc1ccc(C(O)(CN)CN2CCC2)nc1-c1ccc(F)c(Cl)c1.COc1ccc(C(O)(CN=[N+]=[N-])CN2CCC2)nc1-c1ccc(F)c(Cl)c1. The monoisotopic (exact) mass is 1310 g/mol. The van der Waals surface area contributed by atoms with Crippen molar-refractivity contribution in [1.29, 1.82) is 0 Å². The van der Waals surface area contributed by atoms with Crippen molar-refractivity contribution < 1.29 is 57.0 Å². The zero-order valence-corrected chi connectivity index (χ0v) is 53.1. The quantitative estimate of drug-likeness (QED) is 0.0180. The lowest BCUT2D eigenvalue weighted by Gasteiger charge is -2.38. The second-order valence-corrected chi connectivity index (χ2v) is 24.0. The van der Waals surface area contributed by atoms with Crippen LogP contribution in [0, 0.1) is 17.5 Å². The fraction of sp³-hybridized carbons (Fsp3) is 0.394. The molecule has 3 unspecified atom stereocenters. The van der Waals surface area contributed by atoms with Crippen molar-refractivity contribution in [1.82, 2.24) is 29.7 Å². The molecule has 5 N–H and O–H groups in total. The average Bonchev–Trinajstić information content (AvgIpc) is 1.93. The Bertz CT molecular complexity index is 3770. The zero-order chi connectivity index (χ0) is 65.0. The third-order valence-corrected chi connectivity index (χ3v) is 17.2. The Labute approximate surface area is 541 Å². The molecule has 1 saturated carbocycles. The van der Waals surface area contributed by atoms with Crippen LogP contribution in [-0.4, -0.2) is 157 Å². The molecule has 0 spiro atoms. The number of aromatic nitrogens is 3. The van der Waals surface area contributed by atoms with Crippen LogP contribution in [-0.2, 0) is 16.8 Å². The maximum atomic E-state index is 13.8. The van der Waals surface area contributed by atoms with E-state index in [4.69, 9.17) is 74.7 Å². The molecule has 3 saturated heterocycles. The summed E-state index contributed by atoms with van der Waals surface area (Å²) < 4.78 is 68.3. The van der Waals surface area contributed by atoms with E-state index in [-0.39, 0.29) is 52.9 Å². The molecule has 0 bridgehead atoms. The number of Topliss-reactive ketones (excluding diaryl/α,β-unsaturated/α-hetero) is 1. The van der Waals surface area contributed by atoms with Crippen molar-refractivity contribution in [2.75, 3.05) is 100 Å². The number of aliphatic hydroxyl groups is 3. The summed E-state index contributed by atoms with van der Waals surface area (Å²) in [5, 5.41) is 37.7. The van der Waals surface area contributed by atoms with Crippen LogP contribution in [0.2, 0.25) is 15.1 Å². The van der Waals surface area contributed by atoms with Gasteiger partial charge in [-0.15, -0.1) is 0 Å². The Morgan fingerprint density at radius 3 is 1.32 bits per heavy atom. The maximum absolute atomic E-state index is 13.8. The molecule has 482 valence electrons. The topological polar surface area (TPSA) is 247 Å². The molecule has 4 aromatic carbocycles. The summed E-state index contributed by atoms with van der Waals surface area (Å²) in [5.74, 6) is 0.879. The number of nitrogens with zero attached hydrogens (tertiary/aromatic N) is 9. The number of hydrogen-bond acceptors (Lipinski definition) is 17. The normalized spacial score (nSPS) is 16.6. The van der Waals surface area contributed by atoms with Crippen LogP contribution in [0.4, 0.5) is 13.2 Å². The second kappa shape index (κ2) is 30.4. The molecule has 11 rings (SSSR count). The summed E-state index contributed by atoms with van der Waals surface area (Å²) in [5.41, 5.74) is 15.2. The lowest BCUT2D eigenvalue weighted by Crippen LogP contribution is -2.50. The van der Waals surface area contributed by atoms with Gasteiger partial charge < -0.3 is 44.7 Å². The highest BCUT2D eigenvalue weighted by Gasteiger charge is 2.39. The second-order valence-electron chi connectivity index (χ2n) is 22.8. The van der Waals surface area contributed by atoms with Gasteiger partial charge in [-0.3, -0.25) is 19.5 Å². The molecular formula is C66H72Cl3F3N10O9. The fourth-order valence-corrected chi connectivity index (χ4v) is 11.1. The van der Waals surface area contributed by atoms with E-state index in [2.05, 4.69) is 34.7 Å². The Hall–Kier alpha value is -7.31. The van der Waals surface area contributed by atoms with Crippen LogP contribution >= 0.6 is 34.8 Å². The highest BCUT2D eigenvalue weighted by atomic mass is 35.5. The third-order valence-electron chi connectivity index (χ3n) is 16.3. The number of nitrogens with two attached hydrogens (primary N) is 1. The summed E-state index contributed by atoms with van der Waals surface area (Å²) in [6.45, 7) is 6.32. The van der Waals surface area contributed by atoms with Gasteiger partial charge in [0, 0.05) is 59.8 Å². The standard InChI is InChI=1S/C30H32ClFN2O5.C18H19ClFN5O2.C18H21ClFN3O2/c1-37-26-10-11-28(33-29(26)20-4-8-23(32)22(31)16-20)30(36,18-34-14-3-15-34)13-12-24(35)19-5-9-25(27(17-19)38-2)39-21-6-7-21;1-27-15-5-6-16(18(26,10-22-24-21)11-25-7-2-8-25)23-17(15)12-3-4-14(20)13(19)9-12;1-25-15-5-6-16(18(24,10-21)11-23-7-2-8-23)22-17(15)12-3-4-14(20)13(19)9-12/h4-5,8-11,16-17,21,36H,3,6-7,12-15,18H2,1-2H3;3-6,9,26H,2,7-8,10-11H2,1H3;3-6,9,24H,2,7-8,10-11,21H2,1H3. The summed E-state index contributed by atoms with van der Waals surface area (Å²) in [6, 6.07) is 28.3. The molecular weight excluding hydrogens is 1240 g/mol. The minimum absolute atomic E-state index is 0.00132. The molecule has 4 fully saturated rings. The van der Waals surface area contributed by atoms with Gasteiger partial charge in [0.15, 0.2) is 17.3 Å². The first-order chi connectivity index (χ1) is 43.7. The molecule has 25 heteroatoms. The van der Waals surface area contributed by atoms with Gasteiger partial charge in [-0.2, -0.15) is 0 Å². The average molecular weight is 1310 g/mol. The number of hydrogen-bond donors (Lipinski definition) is 4. The van der Waals surface area contributed by atoms with Crippen molar-refractivity contribution in [3.05, 3.63) is 175 Å². The molecule has 1 aliphatic carbocycles. The predicted molar refractivity (Wildman–Crippen MR) is 342 cm³/mol. The number of benzene rings is 4. The van der Waals surface area contributed by atoms with Gasteiger partial charge in [0.1, 0.15) is 68.6 Å². The largest absolute Gasteiger partial charge is 0.494 e. The number of likely N-dealkylation sites (tertiary alicyclic amines) is 3. The van der Waals surface area contributed by atoms with E-state index in [1.807, 2.05) is 0 Å². The number of carbonyl (C=O) groups is 1. The number of rotatable bonds is 25. The van der Waals surface area contributed by atoms with E-state index < -0.39 is 34.3 Å². The molecule has 4 aliphatic rings. The van der Waals surface area contributed by atoms with E-state index in [0.29, 0.717) is 105 Å². The van der Waals surface area contributed by atoms with Gasteiger partial charge in [0.25, 0.3) is 0 Å². The van der Waals surface area contributed by atoms with E-state index >= 15 is 0 Å². The smallest absolute Gasteiger partial charge is 0.163 e. The van der Waals surface area contributed by atoms with Crippen molar-refractivity contribution in [2.24, 2.45) is 10.8 Å². The van der Waals surface area contributed by atoms with Crippen LogP contribution in [0.15, 0.2) is 114 Å². The minimum atomic E-state index is -1.45. The van der Waals surface area contributed by atoms with Crippen molar-refractivity contribution in [2.45, 2.75) is 67.9 Å². The number of azide groups is 1. The summed E-state index contributed by atoms with van der Waals surface area (Å²) in [4.78, 5) is 36.2. The third kappa shape index (κ3) is 16.7. The van der Waals surface area contributed by atoms with Crippen LogP contribution < -0.4 is 29.4 Å². The first-order valence-electron chi connectivity index (χ1n) is 29.7. The molecule has 19 nitrogen and oxygen atoms in total. The van der Waals surface area contributed by atoms with E-state index in [9.17, 15) is 33.3 Å². The number of carbonyl (C=O) groups excluding carboxylic acids is 1. The lowest BCUT2D eigenvalue weighted by atomic mass is 9.89. The maximum Gasteiger partial charge on any atom is 0.163 e. The Kier molecular flexibility index (Phi) is 22.8. The van der Waals surface area contributed by atoms with Gasteiger partial charge in [-0.1, -0.05) is 39.9 Å². The number of ether oxygens (including phenoxy) is 5. The summed E-state index contributed by atoms with van der Waals surface area (Å²) >= 11 is 17.8. The van der Waals surface area contributed by atoms with Gasteiger partial charge in [-0.05, 0) is 193 Å². The number of β-amino-alcohol motifs (C(OH)–C–C–N with tert-alkyl or cyclic N) is 3. The molecule has 0 amide bonds. The Morgan fingerprint density at radius 2 is 0.956 bits per heavy atom. The van der Waals surface area contributed by atoms with Crippen molar-refractivity contribution >= 4 is 40.6 Å². The van der Waals surface area contributed by atoms with E-state index in [0.717, 1.165) is 71.4 Å². The van der Waals surface area contributed by atoms with E-state index in [1.165, 1.54) is 63.8 Å². The molecule has 3 aromatic heterocycles. The van der Waals surface area contributed by atoms with Gasteiger partial charge >= 0.3 is 0 Å². The molecule has 6 heterocycles. The highest BCUT2D eigenvalue weighted by Crippen LogP contribution is 2.40. The van der Waals surface area contributed by atoms with Gasteiger partial charge in [-0.25, -0.2) is 28.1 Å². The number of pyridine rings is 3. The lowest BCUT2D eigenvalue weighted by molar-refractivity contribution is -0.0279. The predicted octanol–water partition coefficient (Wildman–Crippen LogP) is 11.8. The van der Waals surface area contributed by atoms with Crippen LogP contribution in [0.5, 0.6) is 28.7 Å². The molecule has 3 atom stereocenters. The number of halogens is 6. The van der Waals surface area contributed by atoms with Crippen LogP contribution in [0.3, 0.4) is 0 Å². The molecule has 7 aromatic rings. The summed E-state index contributed by atoms with van der Waals surface area (Å²) in [7, 11) is 6.10. The summed E-state index contributed by atoms with van der Waals surface area (Å²) in [6.07, 6.45) is 5.76. The number of ketones is 1. The van der Waals surface area contributed by atoms with Crippen molar-refractivity contribution in [3.63, 3.8) is 0 Å². The Balaban J connectivity index is 0.000000167. The van der Waals surface area contributed by atoms with Gasteiger partial charge in [0.2, 0.25) is 0 Å². The minimum Gasteiger partial charge on any atom is -0.494 e. The molecule has 3 aliphatic heterocycles. The molecule has 0 radical (unpaired) electrons. The highest BCUT2D eigenvalue weighted by molar-refractivity contribution is 6.31. The first-order valence-corrected chi connectivity index (χ1v) is 30.8.